The zero-order chi connectivity index (χ0) is 11.9. The van der Waals surface area contributed by atoms with Gasteiger partial charge >= 0.3 is 0 Å². The molecule has 16 heavy (non-hydrogen) atoms. The molecular formula is C10H8NO4S. The van der Waals surface area contributed by atoms with Crippen molar-refractivity contribution in [3.8, 4) is 5.75 Å². The highest BCUT2D eigenvalue weighted by atomic mass is 32.2. The molecule has 0 aliphatic heterocycles. The second-order valence-electron chi connectivity index (χ2n) is 3.32. The summed E-state index contributed by atoms with van der Waals surface area (Å²) in [6.45, 7) is 0. The quantitative estimate of drug-likeness (QED) is 0.738. The van der Waals surface area contributed by atoms with Crippen LogP contribution in [0.1, 0.15) is 0 Å². The number of aromatic hydroxyl groups is 1. The molecule has 0 saturated heterocycles. The Hall–Kier alpha value is -1.79. The monoisotopic (exact) mass is 238 g/mol. The minimum atomic E-state index is -4.38. The van der Waals surface area contributed by atoms with Gasteiger partial charge in [0.25, 0.3) is 10.1 Å². The van der Waals surface area contributed by atoms with Crippen LogP contribution in [0.15, 0.2) is 35.2 Å². The van der Waals surface area contributed by atoms with E-state index in [1.54, 1.807) is 12.1 Å². The molecule has 2 aromatic rings. The first-order valence-corrected chi connectivity index (χ1v) is 5.78. The summed E-state index contributed by atoms with van der Waals surface area (Å²) in [7, 11) is -4.38. The second kappa shape index (κ2) is 3.36. The Morgan fingerprint density at radius 3 is 2.44 bits per heavy atom. The summed E-state index contributed by atoms with van der Waals surface area (Å²) in [5.41, 5.74) is 7.66. The number of rotatable bonds is 1. The number of hydrogen-bond donors (Lipinski definition) is 2. The Morgan fingerprint density at radius 2 is 1.81 bits per heavy atom. The van der Waals surface area contributed by atoms with Crippen LogP contribution in [0.25, 0.3) is 10.8 Å². The van der Waals surface area contributed by atoms with Crippen LogP contribution in [0.2, 0.25) is 0 Å². The maximum atomic E-state index is 10.9. The lowest BCUT2D eigenvalue weighted by molar-refractivity contribution is 0.471. The zero-order valence-electron chi connectivity index (χ0n) is 8.01. The SMILES string of the molecule is [NH]c1cccc2c(O)cc(S(=O)(=O)O)cc12. The summed E-state index contributed by atoms with van der Waals surface area (Å²) in [5.74, 6) is -0.278. The molecule has 0 unspecified atom stereocenters. The van der Waals surface area contributed by atoms with Crippen LogP contribution in [0, 0.1) is 0 Å². The summed E-state index contributed by atoms with van der Waals surface area (Å²) < 4.78 is 30.7. The van der Waals surface area contributed by atoms with Crippen LogP contribution in [0.4, 0.5) is 5.69 Å². The lowest BCUT2D eigenvalue weighted by Gasteiger charge is -2.05. The van der Waals surface area contributed by atoms with Crippen molar-refractivity contribution in [2.45, 2.75) is 4.90 Å². The number of phenols is 1. The Bertz CT molecular complexity index is 664. The molecule has 0 aromatic heterocycles. The Morgan fingerprint density at radius 1 is 1.12 bits per heavy atom. The lowest BCUT2D eigenvalue weighted by Crippen LogP contribution is -1.97. The molecule has 1 radical (unpaired) electrons. The van der Waals surface area contributed by atoms with Gasteiger partial charge in [-0.3, -0.25) is 4.55 Å². The molecular weight excluding hydrogens is 230 g/mol. The molecule has 0 amide bonds. The van der Waals surface area contributed by atoms with Crippen LogP contribution in [0.3, 0.4) is 0 Å². The molecule has 0 aliphatic rings. The van der Waals surface area contributed by atoms with Crippen LogP contribution < -0.4 is 5.73 Å². The molecule has 0 spiro atoms. The highest BCUT2D eigenvalue weighted by Crippen LogP contribution is 2.32. The summed E-state index contributed by atoms with van der Waals surface area (Å²) in [5, 5.41) is 10.2. The number of benzene rings is 2. The van der Waals surface area contributed by atoms with E-state index in [0.717, 1.165) is 12.1 Å². The van der Waals surface area contributed by atoms with E-state index in [1.165, 1.54) is 6.07 Å². The van der Waals surface area contributed by atoms with Gasteiger partial charge in [-0.1, -0.05) is 12.1 Å². The van der Waals surface area contributed by atoms with Gasteiger partial charge in [0.05, 0.1) is 10.6 Å². The van der Waals surface area contributed by atoms with Gasteiger partial charge in [-0.15, -0.1) is 0 Å². The highest BCUT2D eigenvalue weighted by molar-refractivity contribution is 7.85. The number of fused-ring (bicyclic) bond motifs is 1. The smallest absolute Gasteiger partial charge is 0.294 e. The van der Waals surface area contributed by atoms with E-state index in [4.69, 9.17) is 10.3 Å². The van der Waals surface area contributed by atoms with Crippen LogP contribution >= 0.6 is 0 Å². The fourth-order valence-corrected chi connectivity index (χ4v) is 2.02. The summed E-state index contributed by atoms with van der Waals surface area (Å²) >= 11 is 0. The summed E-state index contributed by atoms with van der Waals surface area (Å²) in [6, 6.07) is 6.73. The molecule has 83 valence electrons. The lowest BCUT2D eigenvalue weighted by atomic mass is 10.1. The molecule has 0 bridgehead atoms. The Balaban J connectivity index is 2.91. The number of phenolic OH excluding ortho intramolecular Hbond substituents is 1. The van der Waals surface area contributed by atoms with E-state index in [2.05, 4.69) is 0 Å². The van der Waals surface area contributed by atoms with Gasteiger partial charge in [-0.25, -0.2) is 0 Å². The maximum Gasteiger partial charge on any atom is 0.294 e. The van der Waals surface area contributed by atoms with Crippen molar-refractivity contribution in [1.82, 2.24) is 5.73 Å². The summed E-state index contributed by atoms with van der Waals surface area (Å²) in [6.07, 6.45) is 0. The molecule has 2 rings (SSSR count). The third kappa shape index (κ3) is 1.68. The number of hydrogen-bond acceptors (Lipinski definition) is 3. The fourth-order valence-electron chi connectivity index (χ4n) is 1.49. The third-order valence-electron chi connectivity index (χ3n) is 2.25. The van der Waals surface area contributed by atoms with Gasteiger partial charge in [-0.05, 0) is 12.1 Å². The van der Waals surface area contributed by atoms with Crippen LogP contribution in [-0.2, 0) is 10.1 Å². The van der Waals surface area contributed by atoms with Crippen molar-refractivity contribution in [3.63, 3.8) is 0 Å². The van der Waals surface area contributed by atoms with Gasteiger partial charge in [-0.2, -0.15) is 8.42 Å². The molecule has 2 aromatic carbocycles. The second-order valence-corrected chi connectivity index (χ2v) is 4.74. The predicted octanol–water partition coefficient (Wildman–Crippen LogP) is 1.71. The first-order chi connectivity index (χ1) is 7.39. The largest absolute Gasteiger partial charge is 0.507 e. The maximum absolute atomic E-state index is 10.9. The minimum Gasteiger partial charge on any atom is -0.507 e. The Labute approximate surface area is 91.9 Å². The average Bonchev–Trinajstić information content (AvgIpc) is 2.18. The van der Waals surface area contributed by atoms with Gasteiger partial charge in [0.1, 0.15) is 5.75 Å². The van der Waals surface area contributed by atoms with Crippen molar-refractivity contribution in [2.24, 2.45) is 0 Å². The summed E-state index contributed by atoms with van der Waals surface area (Å²) in [4.78, 5) is -0.419. The zero-order valence-corrected chi connectivity index (χ0v) is 8.82. The van der Waals surface area contributed by atoms with Crippen molar-refractivity contribution >= 4 is 26.6 Å². The van der Waals surface area contributed by atoms with Crippen molar-refractivity contribution in [2.75, 3.05) is 0 Å². The molecule has 0 atom stereocenters. The van der Waals surface area contributed by atoms with E-state index in [1.807, 2.05) is 0 Å². The molecule has 0 fully saturated rings. The van der Waals surface area contributed by atoms with Crippen molar-refractivity contribution in [1.29, 1.82) is 0 Å². The van der Waals surface area contributed by atoms with Gasteiger partial charge in [0.2, 0.25) is 0 Å². The third-order valence-corrected chi connectivity index (χ3v) is 3.08. The van der Waals surface area contributed by atoms with Crippen LogP contribution in [0.5, 0.6) is 5.75 Å². The van der Waals surface area contributed by atoms with E-state index < -0.39 is 15.0 Å². The fraction of sp³-hybridized carbons (Fsp3) is 0. The van der Waals surface area contributed by atoms with Gasteiger partial charge in [0, 0.05) is 16.8 Å². The van der Waals surface area contributed by atoms with E-state index in [9.17, 15) is 13.5 Å². The van der Waals surface area contributed by atoms with E-state index in [0.29, 0.717) is 5.39 Å². The van der Waals surface area contributed by atoms with Crippen LogP contribution in [-0.4, -0.2) is 18.1 Å². The molecule has 5 nitrogen and oxygen atoms in total. The average molecular weight is 238 g/mol. The topological polar surface area (TPSA) is 98.4 Å². The molecule has 0 heterocycles. The van der Waals surface area contributed by atoms with Crippen molar-refractivity contribution < 1.29 is 18.1 Å². The first-order valence-electron chi connectivity index (χ1n) is 4.34. The van der Waals surface area contributed by atoms with Crippen molar-refractivity contribution in [3.05, 3.63) is 30.3 Å². The Kier molecular flexibility index (Phi) is 2.25. The molecule has 0 aliphatic carbocycles. The molecule has 3 N–H and O–H groups in total. The van der Waals surface area contributed by atoms with E-state index >= 15 is 0 Å². The van der Waals surface area contributed by atoms with Gasteiger partial charge in [0.15, 0.2) is 0 Å². The predicted molar refractivity (Wildman–Crippen MR) is 58.2 cm³/mol. The molecule has 0 saturated carbocycles. The highest BCUT2D eigenvalue weighted by Gasteiger charge is 2.14. The van der Waals surface area contributed by atoms with Gasteiger partial charge < -0.3 is 10.8 Å². The minimum absolute atomic E-state index is 0.0818. The van der Waals surface area contributed by atoms with E-state index in [-0.39, 0.29) is 16.8 Å². The standard InChI is InChI=1S/C10H8NO4S/c11-9-3-1-2-7-8(9)4-6(5-10(7)12)16(13,14)15/h1-5,11-12H,(H,13,14,15). The first kappa shape index (κ1) is 10.7. The normalized spacial score (nSPS) is 11.8. The number of nitrogens with one attached hydrogen (secondary N) is 1. The molecule has 6 heteroatoms.